The molecule has 0 bridgehead atoms. The Morgan fingerprint density at radius 3 is 2.59 bits per heavy atom. The van der Waals surface area contributed by atoms with Gasteiger partial charge in [-0.25, -0.2) is 4.79 Å². The lowest BCUT2D eigenvalue weighted by Gasteiger charge is -2.16. The lowest BCUT2D eigenvalue weighted by atomic mass is 10.2. The van der Waals surface area contributed by atoms with Crippen molar-refractivity contribution < 1.29 is 14.3 Å². The number of esters is 1. The highest BCUT2D eigenvalue weighted by molar-refractivity contribution is 7.98. The van der Waals surface area contributed by atoms with E-state index in [4.69, 9.17) is 4.74 Å². The standard InChI is InChI=1S/C20H21N5O3S/c1-4-17(18(26)22-15-6-5-11-21-12-15)28-19(27)14-7-9-16(10-8-14)25-13(2)23-24-20(25)29-3/h5-12,17H,4H2,1-3H3,(H,22,26). The molecular formula is C20H21N5O3S. The summed E-state index contributed by atoms with van der Waals surface area (Å²) in [7, 11) is 0. The van der Waals surface area contributed by atoms with Crippen LogP contribution in [0.4, 0.5) is 5.69 Å². The largest absolute Gasteiger partial charge is 0.449 e. The molecular weight excluding hydrogens is 390 g/mol. The zero-order chi connectivity index (χ0) is 20.8. The molecule has 0 saturated heterocycles. The lowest BCUT2D eigenvalue weighted by Crippen LogP contribution is -2.32. The van der Waals surface area contributed by atoms with E-state index in [2.05, 4.69) is 20.5 Å². The van der Waals surface area contributed by atoms with Gasteiger partial charge in [-0.15, -0.1) is 10.2 Å². The van der Waals surface area contributed by atoms with Crippen molar-refractivity contribution in [2.24, 2.45) is 0 Å². The Bertz CT molecular complexity index is 989. The maximum absolute atomic E-state index is 12.5. The predicted molar refractivity (Wildman–Crippen MR) is 110 cm³/mol. The molecule has 0 saturated carbocycles. The number of nitrogens with zero attached hydrogens (tertiary/aromatic N) is 4. The van der Waals surface area contributed by atoms with Gasteiger partial charge in [-0.3, -0.25) is 14.3 Å². The number of aryl methyl sites for hydroxylation is 1. The van der Waals surface area contributed by atoms with E-state index in [1.807, 2.05) is 17.7 Å². The monoisotopic (exact) mass is 411 g/mol. The number of aromatic nitrogens is 4. The number of hydrogen-bond donors (Lipinski definition) is 1. The highest BCUT2D eigenvalue weighted by Crippen LogP contribution is 2.20. The van der Waals surface area contributed by atoms with Crippen molar-refractivity contribution in [1.29, 1.82) is 0 Å². The van der Waals surface area contributed by atoms with Crippen molar-refractivity contribution in [3.63, 3.8) is 0 Å². The Hall–Kier alpha value is -3.20. The van der Waals surface area contributed by atoms with Gasteiger partial charge < -0.3 is 10.1 Å². The Morgan fingerprint density at radius 1 is 1.21 bits per heavy atom. The minimum atomic E-state index is -0.898. The number of benzene rings is 1. The van der Waals surface area contributed by atoms with Gasteiger partial charge in [0.2, 0.25) is 0 Å². The highest BCUT2D eigenvalue weighted by Gasteiger charge is 2.22. The Labute approximate surface area is 172 Å². The van der Waals surface area contributed by atoms with E-state index in [9.17, 15) is 9.59 Å². The molecule has 2 aromatic heterocycles. The molecule has 0 aliphatic heterocycles. The summed E-state index contributed by atoms with van der Waals surface area (Å²) in [6.07, 6.45) is 4.52. The Balaban J connectivity index is 1.69. The van der Waals surface area contributed by atoms with Crippen LogP contribution in [0.5, 0.6) is 0 Å². The van der Waals surface area contributed by atoms with E-state index in [0.717, 1.165) is 16.7 Å². The summed E-state index contributed by atoms with van der Waals surface area (Å²) in [5, 5.41) is 11.6. The minimum absolute atomic E-state index is 0.354. The van der Waals surface area contributed by atoms with E-state index < -0.39 is 18.0 Å². The van der Waals surface area contributed by atoms with Crippen LogP contribution < -0.4 is 5.32 Å². The number of nitrogens with one attached hydrogen (secondary N) is 1. The fourth-order valence-electron chi connectivity index (χ4n) is 2.70. The number of hydrogen-bond acceptors (Lipinski definition) is 7. The molecule has 0 spiro atoms. The Morgan fingerprint density at radius 2 is 1.97 bits per heavy atom. The molecule has 0 aliphatic carbocycles. The first-order valence-corrected chi connectivity index (χ1v) is 10.2. The van der Waals surface area contributed by atoms with Crippen molar-refractivity contribution in [1.82, 2.24) is 19.7 Å². The number of thioether (sulfide) groups is 1. The third kappa shape index (κ3) is 4.80. The molecule has 2 heterocycles. The zero-order valence-electron chi connectivity index (χ0n) is 16.3. The molecule has 0 aliphatic rings. The maximum Gasteiger partial charge on any atom is 0.338 e. The number of carbonyl (C=O) groups is 2. The third-order valence-electron chi connectivity index (χ3n) is 4.18. The van der Waals surface area contributed by atoms with Gasteiger partial charge >= 0.3 is 5.97 Å². The van der Waals surface area contributed by atoms with Gasteiger partial charge in [0.15, 0.2) is 11.3 Å². The van der Waals surface area contributed by atoms with Gasteiger partial charge in [-0.1, -0.05) is 18.7 Å². The number of pyridine rings is 1. The molecule has 3 rings (SSSR count). The van der Waals surface area contributed by atoms with E-state index in [1.165, 1.54) is 18.0 Å². The smallest absolute Gasteiger partial charge is 0.338 e. The van der Waals surface area contributed by atoms with Crippen molar-refractivity contribution in [3.8, 4) is 5.69 Å². The number of ether oxygens (including phenoxy) is 1. The van der Waals surface area contributed by atoms with Gasteiger partial charge in [-0.2, -0.15) is 0 Å². The molecule has 1 atom stereocenters. The van der Waals surface area contributed by atoms with Crippen LogP contribution in [0.25, 0.3) is 5.69 Å². The second kappa shape index (κ2) is 9.33. The van der Waals surface area contributed by atoms with Crippen LogP contribution in [0.3, 0.4) is 0 Å². The summed E-state index contributed by atoms with van der Waals surface area (Å²) >= 11 is 1.49. The normalized spacial score (nSPS) is 11.7. The summed E-state index contributed by atoms with van der Waals surface area (Å²) in [4.78, 5) is 28.8. The fourth-order valence-corrected chi connectivity index (χ4v) is 3.24. The highest BCUT2D eigenvalue weighted by atomic mass is 32.2. The molecule has 1 unspecified atom stereocenters. The van der Waals surface area contributed by atoms with Crippen molar-refractivity contribution in [2.45, 2.75) is 31.5 Å². The van der Waals surface area contributed by atoms with E-state index in [1.54, 1.807) is 49.5 Å². The number of anilines is 1. The molecule has 150 valence electrons. The van der Waals surface area contributed by atoms with Crippen molar-refractivity contribution in [2.75, 3.05) is 11.6 Å². The topological polar surface area (TPSA) is 99.0 Å². The molecule has 9 heteroatoms. The first kappa shape index (κ1) is 20.5. The van der Waals surface area contributed by atoms with Crippen LogP contribution in [0.2, 0.25) is 0 Å². The van der Waals surface area contributed by atoms with E-state index in [-0.39, 0.29) is 0 Å². The predicted octanol–water partition coefficient (Wildman–Crippen LogP) is 3.27. The van der Waals surface area contributed by atoms with Gasteiger partial charge in [0.1, 0.15) is 5.82 Å². The van der Waals surface area contributed by atoms with Crippen LogP contribution in [-0.4, -0.2) is 44.0 Å². The molecule has 3 aromatic rings. The summed E-state index contributed by atoms with van der Waals surface area (Å²) < 4.78 is 7.31. The second-order valence-corrected chi connectivity index (χ2v) is 6.92. The average molecular weight is 411 g/mol. The second-order valence-electron chi connectivity index (χ2n) is 6.15. The number of amides is 1. The maximum atomic E-state index is 12.5. The van der Waals surface area contributed by atoms with E-state index in [0.29, 0.717) is 17.7 Å². The fraction of sp³-hybridized carbons (Fsp3) is 0.250. The molecule has 0 radical (unpaired) electrons. The summed E-state index contributed by atoms with van der Waals surface area (Å²) in [6, 6.07) is 10.3. The van der Waals surface area contributed by atoms with E-state index >= 15 is 0 Å². The quantitative estimate of drug-likeness (QED) is 0.470. The van der Waals surface area contributed by atoms with Gasteiger partial charge in [-0.05, 0) is 56.0 Å². The van der Waals surface area contributed by atoms with Crippen LogP contribution in [0.1, 0.15) is 29.5 Å². The summed E-state index contributed by atoms with van der Waals surface area (Å²) in [5.74, 6) is -0.201. The number of carbonyl (C=O) groups excluding carboxylic acids is 2. The molecule has 8 nitrogen and oxygen atoms in total. The van der Waals surface area contributed by atoms with Gasteiger partial charge in [0.05, 0.1) is 17.4 Å². The number of rotatable bonds is 7. The molecule has 29 heavy (non-hydrogen) atoms. The first-order chi connectivity index (χ1) is 14.0. The third-order valence-corrected chi connectivity index (χ3v) is 4.81. The molecule has 0 fully saturated rings. The van der Waals surface area contributed by atoms with Gasteiger partial charge in [0, 0.05) is 11.9 Å². The molecule has 1 aromatic carbocycles. The zero-order valence-corrected chi connectivity index (χ0v) is 17.1. The van der Waals surface area contributed by atoms with Crippen molar-refractivity contribution >= 4 is 29.3 Å². The first-order valence-electron chi connectivity index (χ1n) is 9.01. The van der Waals surface area contributed by atoms with Crippen molar-refractivity contribution in [3.05, 3.63) is 60.2 Å². The van der Waals surface area contributed by atoms with Crippen LogP contribution in [0, 0.1) is 6.92 Å². The van der Waals surface area contributed by atoms with Crippen LogP contribution in [0.15, 0.2) is 53.9 Å². The lowest BCUT2D eigenvalue weighted by molar-refractivity contribution is -0.124. The summed E-state index contributed by atoms with van der Waals surface area (Å²) in [5.41, 5.74) is 1.75. The SMILES string of the molecule is CCC(OC(=O)c1ccc(-n2c(C)nnc2SC)cc1)C(=O)Nc1cccnc1. The van der Waals surface area contributed by atoms with Crippen LogP contribution >= 0.6 is 11.8 Å². The minimum Gasteiger partial charge on any atom is -0.449 e. The summed E-state index contributed by atoms with van der Waals surface area (Å²) in [6.45, 7) is 3.64. The van der Waals surface area contributed by atoms with Gasteiger partial charge in [0.25, 0.3) is 5.91 Å². The Kier molecular flexibility index (Phi) is 6.61. The molecule has 1 N–H and O–H groups in total. The van der Waals surface area contributed by atoms with Crippen LogP contribution in [-0.2, 0) is 9.53 Å². The molecule has 1 amide bonds. The average Bonchev–Trinajstić information content (AvgIpc) is 3.13.